The fraction of sp³-hybridized carbons (Fsp3) is 0.440. The second kappa shape index (κ2) is 10.6. The molecule has 0 aromatic heterocycles. The van der Waals surface area contributed by atoms with E-state index in [-0.39, 0.29) is 22.6 Å². The third kappa shape index (κ3) is 5.42. The Labute approximate surface area is 201 Å². The van der Waals surface area contributed by atoms with E-state index in [2.05, 4.69) is 0 Å². The minimum Gasteiger partial charge on any atom is -0.497 e. The smallest absolute Gasteiger partial charge is 0.243 e. The molecule has 0 aliphatic carbocycles. The fourth-order valence-electron chi connectivity index (χ4n) is 4.59. The maximum absolute atomic E-state index is 13.1. The summed E-state index contributed by atoms with van der Waals surface area (Å²) in [5.74, 6) is 0.654. The Hall–Kier alpha value is -2.91. The molecule has 4 rings (SSSR count). The highest BCUT2D eigenvalue weighted by molar-refractivity contribution is 7.89. The van der Waals surface area contributed by atoms with Gasteiger partial charge in [-0.15, -0.1) is 0 Å². The van der Waals surface area contributed by atoms with Crippen molar-refractivity contribution in [3.8, 4) is 5.75 Å². The highest BCUT2D eigenvalue weighted by atomic mass is 32.2. The summed E-state index contributed by atoms with van der Waals surface area (Å²) in [6, 6.07) is 15.9. The Balaban J connectivity index is 1.26. The molecule has 2 aromatic carbocycles. The van der Waals surface area contributed by atoms with Crippen LogP contribution in [0, 0.1) is 5.92 Å². The monoisotopic (exact) mass is 485 g/mol. The van der Waals surface area contributed by atoms with Gasteiger partial charge in [-0.05, 0) is 42.7 Å². The van der Waals surface area contributed by atoms with Gasteiger partial charge in [0.25, 0.3) is 0 Å². The molecule has 9 heteroatoms. The van der Waals surface area contributed by atoms with Gasteiger partial charge in [-0.25, -0.2) is 8.42 Å². The number of piperazine rings is 1. The number of rotatable bonds is 6. The molecule has 2 heterocycles. The highest BCUT2D eigenvalue weighted by Gasteiger charge is 2.35. The van der Waals surface area contributed by atoms with E-state index < -0.39 is 10.0 Å². The van der Waals surface area contributed by atoms with Crippen molar-refractivity contribution in [2.24, 2.45) is 5.92 Å². The fourth-order valence-corrected chi connectivity index (χ4v) is 6.08. The Kier molecular flexibility index (Phi) is 7.53. The average molecular weight is 486 g/mol. The highest BCUT2D eigenvalue weighted by Crippen LogP contribution is 2.25. The third-order valence-corrected chi connectivity index (χ3v) is 8.53. The van der Waals surface area contributed by atoms with E-state index in [9.17, 15) is 18.0 Å². The summed E-state index contributed by atoms with van der Waals surface area (Å²) in [5.41, 5.74) is 0.903. The predicted molar refractivity (Wildman–Crippen MR) is 128 cm³/mol. The standard InChI is InChI=1S/C25H31N3O5S/c1-33-22-7-5-6-20(18-22)19-24(29)26-14-16-27(17-15-26)25(30)21-10-12-28(13-11-21)34(31,32)23-8-3-2-4-9-23/h2-9,18,21H,10-17,19H2,1H3. The number of hydrogen-bond donors (Lipinski definition) is 0. The van der Waals surface area contributed by atoms with Crippen molar-refractivity contribution in [1.82, 2.24) is 14.1 Å². The van der Waals surface area contributed by atoms with E-state index in [4.69, 9.17) is 4.74 Å². The lowest BCUT2D eigenvalue weighted by Gasteiger charge is -2.38. The van der Waals surface area contributed by atoms with Gasteiger partial charge in [0.15, 0.2) is 0 Å². The van der Waals surface area contributed by atoms with Crippen molar-refractivity contribution in [2.75, 3.05) is 46.4 Å². The van der Waals surface area contributed by atoms with E-state index in [1.807, 2.05) is 29.2 Å². The van der Waals surface area contributed by atoms with E-state index in [0.717, 1.165) is 11.3 Å². The SMILES string of the molecule is COc1cccc(CC(=O)N2CCN(C(=O)C3CCN(S(=O)(=O)c4ccccc4)CC3)CC2)c1. The first-order chi connectivity index (χ1) is 16.4. The second-order valence-electron chi connectivity index (χ2n) is 8.73. The molecule has 2 amide bonds. The zero-order chi connectivity index (χ0) is 24.1. The van der Waals surface area contributed by atoms with Gasteiger partial charge in [0.05, 0.1) is 18.4 Å². The van der Waals surface area contributed by atoms with Crippen molar-refractivity contribution in [3.63, 3.8) is 0 Å². The summed E-state index contributed by atoms with van der Waals surface area (Å²) in [7, 11) is -1.93. The van der Waals surface area contributed by atoms with Gasteiger partial charge in [0.1, 0.15) is 5.75 Å². The number of amides is 2. The summed E-state index contributed by atoms with van der Waals surface area (Å²) >= 11 is 0. The molecule has 0 spiro atoms. The second-order valence-corrected chi connectivity index (χ2v) is 10.7. The number of hydrogen-bond acceptors (Lipinski definition) is 5. The number of benzene rings is 2. The molecule has 0 saturated carbocycles. The van der Waals surface area contributed by atoms with Gasteiger partial charge >= 0.3 is 0 Å². The molecule has 2 aromatic rings. The first-order valence-corrected chi connectivity index (χ1v) is 13.1. The van der Waals surface area contributed by atoms with Crippen LogP contribution >= 0.6 is 0 Å². The van der Waals surface area contributed by atoms with Crippen molar-refractivity contribution in [3.05, 3.63) is 60.2 Å². The molecule has 2 aliphatic heterocycles. The lowest BCUT2D eigenvalue weighted by molar-refractivity contribution is -0.142. The van der Waals surface area contributed by atoms with Crippen LogP contribution in [0.3, 0.4) is 0 Å². The molecule has 0 atom stereocenters. The van der Waals surface area contributed by atoms with Gasteiger partial charge < -0.3 is 14.5 Å². The van der Waals surface area contributed by atoms with Crippen LogP contribution in [0.4, 0.5) is 0 Å². The van der Waals surface area contributed by atoms with Gasteiger partial charge in [-0.2, -0.15) is 4.31 Å². The molecular formula is C25H31N3O5S. The van der Waals surface area contributed by atoms with Crippen molar-refractivity contribution in [1.29, 1.82) is 0 Å². The number of methoxy groups -OCH3 is 1. The molecule has 34 heavy (non-hydrogen) atoms. The first-order valence-electron chi connectivity index (χ1n) is 11.6. The number of nitrogens with zero attached hydrogens (tertiary/aromatic N) is 3. The lowest BCUT2D eigenvalue weighted by Crippen LogP contribution is -2.53. The average Bonchev–Trinajstić information content (AvgIpc) is 2.89. The maximum Gasteiger partial charge on any atom is 0.243 e. The van der Waals surface area contributed by atoms with Crippen LogP contribution in [0.1, 0.15) is 18.4 Å². The summed E-state index contributed by atoms with van der Waals surface area (Å²) < 4.78 is 32.3. The number of carbonyl (C=O) groups is 2. The summed E-state index contributed by atoms with van der Waals surface area (Å²) in [6.45, 7) is 2.71. The van der Waals surface area contributed by atoms with Crippen LogP contribution in [0.2, 0.25) is 0 Å². The van der Waals surface area contributed by atoms with Crippen LogP contribution in [0.5, 0.6) is 5.75 Å². The van der Waals surface area contributed by atoms with Crippen LogP contribution < -0.4 is 4.74 Å². The van der Waals surface area contributed by atoms with Crippen LogP contribution in [-0.2, 0) is 26.0 Å². The molecule has 2 fully saturated rings. The zero-order valence-electron chi connectivity index (χ0n) is 19.4. The zero-order valence-corrected chi connectivity index (χ0v) is 20.2. The van der Waals surface area contributed by atoms with Crippen molar-refractivity contribution < 1.29 is 22.7 Å². The maximum atomic E-state index is 13.1. The Morgan fingerprint density at radius 3 is 2.18 bits per heavy atom. The van der Waals surface area contributed by atoms with Gasteiger partial charge in [0, 0.05) is 45.2 Å². The van der Waals surface area contributed by atoms with Crippen LogP contribution in [0.25, 0.3) is 0 Å². The van der Waals surface area contributed by atoms with Gasteiger partial charge in [-0.1, -0.05) is 30.3 Å². The van der Waals surface area contributed by atoms with Gasteiger partial charge in [0.2, 0.25) is 21.8 Å². The number of piperidine rings is 1. The Morgan fingerprint density at radius 2 is 1.53 bits per heavy atom. The molecule has 0 radical (unpaired) electrons. The number of carbonyl (C=O) groups excluding carboxylic acids is 2. The van der Waals surface area contributed by atoms with Crippen molar-refractivity contribution >= 4 is 21.8 Å². The molecular weight excluding hydrogens is 454 g/mol. The topological polar surface area (TPSA) is 87.2 Å². The van der Waals surface area contributed by atoms with Crippen LogP contribution in [0.15, 0.2) is 59.5 Å². The lowest BCUT2D eigenvalue weighted by atomic mass is 9.96. The van der Waals surface area contributed by atoms with E-state index >= 15 is 0 Å². The summed E-state index contributed by atoms with van der Waals surface area (Å²) in [4.78, 5) is 29.7. The largest absolute Gasteiger partial charge is 0.497 e. The van der Waals surface area contributed by atoms with E-state index in [1.54, 1.807) is 42.3 Å². The predicted octanol–water partition coefficient (Wildman–Crippen LogP) is 2.01. The van der Waals surface area contributed by atoms with Gasteiger partial charge in [-0.3, -0.25) is 9.59 Å². The molecule has 0 bridgehead atoms. The van der Waals surface area contributed by atoms with Crippen LogP contribution in [-0.4, -0.2) is 80.7 Å². The van der Waals surface area contributed by atoms with E-state index in [1.165, 1.54) is 4.31 Å². The summed E-state index contributed by atoms with van der Waals surface area (Å²) in [6.07, 6.45) is 1.33. The molecule has 0 N–H and O–H groups in total. The minimum absolute atomic E-state index is 0.0415. The van der Waals surface area contributed by atoms with Crippen molar-refractivity contribution in [2.45, 2.75) is 24.2 Å². The minimum atomic E-state index is -3.53. The molecule has 0 unspecified atom stereocenters. The third-order valence-electron chi connectivity index (χ3n) is 6.62. The Morgan fingerprint density at radius 1 is 0.882 bits per heavy atom. The quantitative estimate of drug-likeness (QED) is 0.625. The van der Waals surface area contributed by atoms with E-state index in [0.29, 0.717) is 58.5 Å². The Bertz CT molecular complexity index is 1110. The summed E-state index contributed by atoms with van der Waals surface area (Å²) in [5, 5.41) is 0. The molecule has 2 saturated heterocycles. The molecule has 8 nitrogen and oxygen atoms in total. The molecule has 2 aliphatic rings. The first kappa shape index (κ1) is 24.2. The number of ether oxygens (including phenoxy) is 1. The number of sulfonamides is 1. The molecule has 182 valence electrons. The normalized spacial score (nSPS) is 18.0.